The zero-order valence-corrected chi connectivity index (χ0v) is 10.1. The smallest absolute Gasteiger partial charge is 0.407 e. The lowest BCUT2D eigenvalue weighted by Gasteiger charge is -2.17. The molecule has 19 heavy (non-hydrogen) atoms. The van der Waals surface area contributed by atoms with Gasteiger partial charge in [0.25, 0.3) is 0 Å². The summed E-state index contributed by atoms with van der Waals surface area (Å²) >= 11 is 0. The summed E-state index contributed by atoms with van der Waals surface area (Å²) in [5, 5.41) is 11.2. The first-order valence-corrected chi connectivity index (χ1v) is 5.54. The highest BCUT2D eigenvalue weighted by atomic mass is 19.1. The number of hydrogen-bond acceptors (Lipinski definition) is 3. The summed E-state index contributed by atoms with van der Waals surface area (Å²) in [7, 11) is 0. The highest BCUT2D eigenvalue weighted by Crippen LogP contribution is 2.18. The SMILES string of the molecule is C=CCOC(=O)N[C@H](CC(=O)O)c1cccc(F)c1. The zero-order chi connectivity index (χ0) is 14.3. The van der Waals surface area contributed by atoms with Crippen LogP contribution in [0, 0.1) is 5.82 Å². The molecule has 0 saturated heterocycles. The van der Waals surface area contributed by atoms with E-state index in [1.54, 1.807) is 0 Å². The van der Waals surface area contributed by atoms with Crippen LogP contribution in [0.5, 0.6) is 0 Å². The Bertz CT molecular complexity index is 475. The number of nitrogens with one attached hydrogen (secondary N) is 1. The van der Waals surface area contributed by atoms with E-state index in [4.69, 9.17) is 9.84 Å². The van der Waals surface area contributed by atoms with E-state index in [0.717, 1.165) is 0 Å². The lowest BCUT2D eigenvalue weighted by Crippen LogP contribution is -2.30. The van der Waals surface area contributed by atoms with E-state index in [1.807, 2.05) is 0 Å². The van der Waals surface area contributed by atoms with E-state index in [9.17, 15) is 14.0 Å². The van der Waals surface area contributed by atoms with Crippen molar-refractivity contribution in [1.82, 2.24) is 5.32 Å². The predicted octanol–water partition coefficient (Wildman–Crippen LogP) is 2.25. The van der Waals surface area contributed by atoms with Crippen molar-refractivity contribution in [2.75, 3.05) is 6.61 Å². The van der Waals surface area contributed by atoms with Crippen LogP contribution < -0.4 is 5.32 Å². The van der Waals surface area contributed by atoms with Crippen molar-refractivity contribution in [1.29, 1.82) is 0 Å². The largest absolute Gasteiger partial charge is 0.481 e. The molecule has 1 atom stereocenters. The molecule has 1 aromatic carbocycles. The van der Waals surface area contributed by atoms with Gasteiger partial charge in [-0.05, 0) is 17.7 Å². The Hall–Kier alpha value is -2.37. The summed E-state index contributed by atoms with van der Waals surface area (Å²) in [4.78, 5) is 22.1. The molecule has 6 heteroatoms. The monoisotopic (exact) mass is 267 g/mol. The van der Waals surface area contributed by atoms with Gasteiger partial charge in [0.05, 0.1) is 12.5 Å². The van der Waals surface area contributed by atoms with Crippen LogP contribution in [0.25, 0.3) is 0 Å². The van der Waals surface area contributed by atoms with Gasteiger partial charge in [-0.2, -0.15) is 0 Å². The van der Waals surface area contributed by atoms with Gasteiger partial charge in [0.1, 0.15) is 12.4 Å². The molecule has 0 aromatic heterocycles. The summed E-state index contributed by atoms with van der Waals surface area (Å²) in [6.45, 7) is 3.39. The lowest BCUT2D eigenvalue weighted by molar-refractivity contribution is -0.137. The minimum Gasteiger partial charge on any atom is -0.481 e. The van der Waals surface area contributed by atoms with Crippen LogP contribution in [0.2, 0.25) is 0 Å². The van der Waals surface area contributed by atoms with Crippen LogP contribution in [0.15, 0.2) is 36.9 Å². The molecule has 0 saturated carbocycles. The highest BCUT2D eigenvalue weighted by molar-refractivity contribution is 5.72. The van der Waals surface area contributed by atoms with E-state index < -0.39 is 23.9 Å². The number of carbonyl (C=O) groups excluding carboxylic acids is 1. The van der Waals surface area contributed by atoms with Crippen LogP contribution in [0.3, 0.4) is 0 Å². The summed E-state index contributed by atoms with van der Waals surface area (Å²) in [6.07, 6.45) is 0.232. The van der Waals surface area contributed by atoms with Gasteiger partial charge in [-0.25, -0.2) is 9.18 Å². The van der Waals surface area contributed by atoms with Crippen molar-refractivity contribution in [3.63, 3.8) is 0 Å². The van der Waals surface area contributed by atoms with Gasteiger partial charge in [-0.1, -0.05) is 24.8 Å². The molecule has 0 fully saturated rings. The van der Waals surface area contributed by atoms with Gasteiger partial charge in [-0.3, -0.25) is 4.79 Å². The fourth-order valence-corrected chi connectivity index (χ4v) is 1.47. The molecule has 0 heterocycles. The quantitative estimate of drug-likeness (QED) is 0.775. The average Bonchev–Trinajstić information content (AvgIpc) is 2.35. The first kappa shape index (κ1) is 14.7. The minimum absolute atomic E-state index is 0.00871. The van der Waals surface area contributed by atoms with Crippen molar-refractivity contribution < 1.29 is 23.8 Å². The number of ether oxygens (including phenoxy) is 1. The zero-order valence-electron chi connectivity index (χ0n) is 10.1. The second-order valence-corrected chi connectivity index (χ2v) is 3.74. The van der Waals surface area contributed by atoms with Crippen molar-refractivity contribution in [3.05, 3.63) is 48.3 Å². The highest BCUT2D eigenvalue weighted by Gasteiger charge is 2.19. The van der Waals surface area contributed by atoms with Crippen LogP contribution in [0.4, 0.5) is 9.18 Å². The molecule has 102 valence electrons. The van der Waals surface area contributed by atoms with E-state index in [1.165, 1.54) is 30.3 Å². The maximum absolute atomic E-state index is 13.1. The Balaban J connectivity index is 2.79. The summed E-state index contributed by atoms with van der Waals surface area (Å²) in [5.41, 5.74) is 0.359. The van der Waals surface area contributed by atoms with Crippen molar-refractivity contribution >= 4 is 12.1 Å². The average molecular weight is 267 g/mol. The molecule has 1 aromatic rings. The van der Waals surface area contributed by atoms with Crippen molar-refractivity contribution in [2.45, 2.75) is 12.5 Å². The molecule has 0 bridgehead atoms. The van der Waals surface area contributed by atoms with Gasteiger partial charge in [-0.15, -0.1) is 0 Å². The Kier molecular flexibility index (Phi) is 5.53. The maximum Gasteiger partial charge on any atom is 0.407 e. The van der Waals surface area contributed by atoms with Crippen LogP contribution in [0.1, 0.15) is 18.0 Å². The number of alkyl carbamates (subject to hydrolysis) is 1. The number of hydrogen-bond donors (Lipinski definition) is 2. The van der Waals surface area contributed by atoms with Crippen molar-refractivity contribution in [2.24, 2.45) is 0 Å². The van der Waals surface area contributed by atoms with Gasteiger partial charge in [0, 0.05) is 0 Å². The number of rotatable bonds is 6. The van der Waals surface area contributed by atoms with E-state index in [-0.39, 0.29) is 13.0 Å². The third-order valence-corrected chi connectivity index (χ3v) is 2.25. The fraction of sp³-hybridized carbons (Fsp3) is 0.231. The Labute approximate surface area is 109 Å². The van der Waals surface area contributed by atoms with Gasteiger partial charge in [0.15, 0.2) is 0 Å². The molecular weight excluding hydrogens is 253 g/mol. The third-order valence-electron chi connectivity index (χ3n) is 2.25. The molecule has 0 unspecified atom stereocenters. The van der Waals surface area contributed by atoms with Crippen LogP contribution in [-0.2, 0) is 9.53 Å². The van der Waals surface area contributed by atoms with E-state index >= 15 is 0 Å². The van der Waals surface area contributed by atoms with Gasteiger partial charge < -0.3 is 15.2 Å². The molecule has 0 radical (unpaired) electrons. The summed E-state index contributed by atoms with van der Waals surface area (Å²) in [5.74, 6) is -1.62. The number of benzene rings is 1. The molecule has 1 rings (SSSR count). The summed E-state index contributed by atoms with van der Waals surface area (Å²) < 4.78 is 17.8. The second kappa shape index (κ2) is 7.15. The first-order valence-electron chi connectivity index (χ1n) is 5.54. The molecule has 1 amide bonds. The third kappa shape index (κ3) is 5.20. The molecular formula is C13H14FNO4. The number of carboxylic acid groups (broad SMARTS) is 1. The predicted molar refractivity (Wildman–Crippen MR) is 66.1 cm³/mol. The topological polar surface area (TPSA) is 75.6 Å². The van der Waals surface area contributed by atoms with E-state index in [0.29, 0.717) is 5.56 Å². The Morgan fingerprint density at radius 3 is 2.84 bits per heavy atom. The fourth-order valence-electron chi connectivity index (χ4n) is 1.47. The van der Waals surface area contributed by atoms with Gasteiger partial charge in [0.2, 0.25) is 0 Å². The van der Waals surface area contributed by atoms with Gasteiger partial charge >= 0.3 is 12.1 Å². The number of halogens is 1. The number of aliphatic carboxylic acids is 1. The second-order valence-electron chi connectivity index (χ2n) is 3.74. The first-order chi connectivity index (χ1) is 9.02. The molecule has 2 N–H and O–H groups in total. The Morgan fingerprint density at radius 1 is 1.53 bits per heavy atom. The molecule has 0 spiro atoms. The maximum atomic E-state index is 13.1. The standard InChI is InChI=1S/C13H14FNO4/c1-2-6-19-13(18)15-11(8-12(16)17)9-4-3-5-10(14)7-9/h2-5,7,11H,1,6,8H2,(H,15,18)(H,16,17)/t11-/m1/s1. The normalized spacial score (nSPS) is 11.4. The number of amides is 1. The number of carboxylic acids is 1. The van der Waals surface area contributed by atoms with Crippen molar-refractivity contribution in [3.8, 4) is 0 Å². The molecule has 0 aliphatic heterocycles. The van der Waals surface area contributed by atoms with E-state index in [2.05, 4.69) is 11.9 Å². The Morgan fingerprint density at radius 2 is 2.26 bits per heavy atom. The molecule has 0 aliphatic carbocycles. The number of carbonyl (C=O) groups is 2. The molecule has 5 nitrogen and oxygen atoms in total. The lowest BCUT2D eigenvalue weighted by atomic mass is 10.0. The van der Waals surface area contributed by atoms with Crippen LogP contribution >= 0.6 is 0 Å². The summed E-state index contributed by atoms with van der Waals surface area (Å²) in [6, 6.07) is 4.52. The minimum atomic E-state index is -1.11. The van der Waals surface area contributed by atoms with Crippen LogP contribution in [-0.4, -0.2) is 23.8 Å². The molecule has 0 aliphatic rings.